The number of ketones is 1. The summed E-state index contributed by atoms with van der Waals surface area (Å²) in [5.41, 5.74) is 2.99. The summed E-state index contributed by atoms with van der Waals surface area (Å²) in [5.74, 6) is 5.02. The normalized spacial score (nSPS) is 9.77. The number of hydrogen-bond acceptors (Lipinski definition) is 3. The van der Waals surface area contributed by atoms with Crippen LogP contribution in [0.3, 0.4) is 0 Å². The zero-order valence-electron chi connectivity index (χ0n) is 12.6. The van der Waals surface area contributed by atoms with Crippen LogP contribution in [0, 0.1) is 42.7 Å². The summed E-state index contributed by atoms with van der Waals surface area (Å²) >= 11 is 0. The van der Waals surface area contributed by atoms with Gasteiger partial charge in [-0.2, -0.15) is 0 Å². The van der Waals surface area contributed by atoms with Gasteiger partial charge in [-0.1, -0.05) is 36.3 Å². The molecule has 2 aromatic rings. The minimum atomic E-state index is -0.401. The van der Waals surface area contributed by atoms with Gasteiger partial charge in [-0.15, -0.1) is 0 Å². The number of hydrogen-bond donors (Lipinski definition) is 0. The Hall–Kier alpha value is -2.93. The molecule has 0 unspecified atom stereocenters. The van der Waals surface area contributed by atoms with Crippen molar-refractivity contribution in [2.24, 2.45) is 0 Å². The molecule has 2 aromatic carbocycles. The lowest BCUT2D eigenvalue weighted by Gasteiger charge is -2.07. The van der Waals surface area contributed by atoms with E-state index < -0.39 is 4.92 Å². The van der Waals surface area contributed by atoms with Gasteiger partial charge in [0.25, 0.3) is 5.69 Å². The Labute approximate surface area is 128 Å². The van der Waals surface area contributed by atoms with E-state index in [1.807, 2.05) is 6.07 Å². The molecule has 0 heterocycles. The maximum absolute atomic E-state index is 12.0. The minimum Gasteiger partial charge on any atom is -0.279 e. The van der Waals surface area contributed by atoms with E-state index in [0.717, 1.165) is 5.56 Å². The number of carbonyl (C=O) groups is 1. The van der Waals surface area contributed by atoms with E-state index in [4.69, 9.17) is 0 Å². The number of rotatable bonds is 2. The molecule has 0 saturated heterocycles. The number of nitro groups is 1. The number of aryl methyl sites for hydroxylation is 1. The SMILES string of the molecule is Cc1cc(C#CC(=O)c2ccccc2)c(C)c([N+](=O)[O-])c1C. The van der Waals surface area contributed by atoms with E-state index in [2.05, 4.69) is 11.8 Å². The molecule has 2 rings (SSSR count). The lowest BCUT2D eigenvalue weighted by Crippen LogP contribution is -2.00. The van der Waals surface area contributed by atoms with Crippen LogP contribution in [0.5, 0.6) is 0 Å². The second-order valence-corrected chi connectivity index (χ2v) is 5.04. The van der Waals surface area contributed by atoms with Gasteiger partial charge in [0.05, 0.1) is 4.92 Å². The van der Waals surface area contributed by atoms with Gasteiger partial charge in [-0.05, 0) is 38.3 Å². The fraction of sp³-hybridized carbons (Fsp3) is 0.167. The predicted octanol–water partition coefficient (Wildman–Crippen LogP) is 3.75. The van der Waals surface area contributed by atoms with Crippen LogP contribution in [0.25, 0.3) is 0 Å². The van der Waals surface area contributed by atoms with E-state index in [1.165, 1.54) is 0 Å². The van der Waals surface area contributed by atoms with Gasteiger partial charge < -0.3 is 0 Å². The molecule has 22 heavy (non-hydrogen) atoms. The Morgan fingerprint density at radius 2 is 1.73 bits per heavy atom. The standard InChI is InChI=1S/C18H15NO3/c1-12-11-16(14(3)18(13(12)2)19(21)22)9-10-17(20)15-7-5-4-6-8-15/h4-8,11H,1-3H3. The molecule has 0 aromatic heterocycles. The third kappa shape index (κ3) is 3.04. The zero-order chi connectivity index (χ0) is 16.3. The van der Waals surface area contributed by atoms with Crippen molar-refractivity contribution in [3.05, 3.63) is 74.3 Å². The van der Waals surface area contributed by atoms with E-state index in [9.17, 15) is 14.9 Å². The molecule has 0 radical (unpaired) electrons. The maximum atomic E-state index is 12.0. The largest absolute Gasteiger partial charge is 0.279 e. The summed E-state index contributed by atoms with van der Waals surface area (Å²) < 4.78 is 0. The highest BCUT2D eigenvalue weighted by atomic mass is 16.6. The van der Waals surface area contributed by atoms with E-state index >= 15 is 0 Å². The number of nitrogens with zero attached hydrogens (tertiary/aromatic N) is 1. The molecule has 4 heteroatoms. The third-order valence-electron chi connectivity index (χ3n) is 3.60. The van der Waals surface area contributed by atoms with Crippen LogP contribution in [-0.2, 0) is 0 Å². The Balaban J connectivity index is 2.46. The van der Waals surface area contributed by atoms with Crippen molar-refractivity contribution in [2.45, 2.75) is 20.8 Å². The topological polar surface area (TPSA) is 60.2 Å². The number of benzene rings is 2. The van der Waals surface area contributed by atoms with E-state index in [0.29, 0.717) is 22.3 Å². The van der Waals surface area contributed by atoms with Gasteiger partial charge in [0.15, 0.2) is 0 Å². The van der Waals surface area contributed by atoms with Crippen molar-refractivity contribution < 1.29 is 9.72 Å². The first-order valence-electron chi connectivity index (χ1n) is 6.78. The Bertz CT molecular complexity index is 812. The molecule has 0 amide bonds. The summed E-state index contributed by atoms with van der Waals surface area (Å²) in [6.45, 7) is 5.17. The van der Waals surface area contributed by atoms with E-state index in [-0.39, 0.29) is 11.5 Å². The molecular weight excluding hydrogens is 278 g/mol. The van der Waals surface area contributed by atoms with Crippen molar-refractivity contribution in [3.8, 4) is 11.8 Å². The van der Waals surface area contributed by atoms with Crippen LogP contribution >= 0.6 is 0 Å². The molecule has 0 atom stereocenters. The molecule has 0 aliphatic rings. The highest BCUT2D eigenvalue weighted by Crippen LogP contribution is 2.28. The third-order valence-corrected chi connectivity index (χ3v) is 3.60. The van der Waals surface area contributed by atoms with Gasteiger partial charge in [-0.3, -0.25) is 14.9 Å². The number of nitro benzene ring substituents is 1. The van der Waals surface area contributed by atoms with Crippen LogP contribution in [0.1, 0.15) is 32.6 Å². The summed E-state index contributed by atoms with van der Waals surface area (Å²) in [6.07, 6.45) is 0. The summed E-state index contributed by atoms with van der Waals surface area (Å²) in [7, 11) is 0. The van der Waals surface area contributed by atoms with Crippen molar-refractivity contribution >= 4 is 11.5 Å². The van der Waals surface area contributed by atoms with Crippen molar-refractivity contribution in [2.75, 3.05) is 0 Å². The molecular formula is C18H15NO3. The van der Waals surface area contributed by atoms with Gasteiger partial charge in [0.1, 0.15) is 0 Å². The molecule has 4 nitrogen and oxygen atoms in total. The van der Waals surface area contributed by atoms with Crippen LogP contribution in [0.4, 0.5) is 5.69 Å². The molecule has 0 spiro atoms. The predicted molar refractivity (Wildman–Crippen MR) is 85.0 cm³/mol. The van der Waals surface area contributed by atoms with Gasteiger partial charge in [0, 0.05) is 22.3 Å². The Kier molecular flexibility index (Phi) is 4.38. The first-order valence-corrected chi connectivity index (χ1v) is 6.78. The first-order chi connectivity index (χ1) is 10.4. The monoisotopic (exact) mass is 293 g/mol. The van der Waals surface area contributed by atoms with Crippen molar-refractivity contribution in [3.63, 3.8) is 0 Å². The zero-order valence-corrected chi connectivity index (χ0v) is 12.6. The second kappa shape index (κ2) is 6.23. The van der Waals surface area contributed by atoms with E-state index in [1.54, 1.807) is 51.1 Å². The fourth-order valence-corrected chi connectivity index (χ4v) is 2.22. The molecule has 0 bridgehead atoms. The quantitative estimate of drug-likeness (QED) is 0.366. The second-order valence-electron chi connectivity index (χ2n) is 5.04. The molecule has 0 aliphatic heterocycles. The molecule has 0 N–H and O–H groups in total. The smallest absolute Gasteiger partial charge is 0.276 e. The Morgan fingerprint density at radius 1 is 1.09 bits per heavy atom. The van der Waals surface area contributed by atoms with Crippen LogP contribution in [0.2, 0.25) is 0 Å². The molecule has 0 fully saturated rings. The summed E-state index contributed by atoms with van der Waals surface area (Å²) in [5, 5.41) is 11.2. The van der Waals surface area contributed by atoms with Gasteiger partial charge in [0.2, 0.25) is 5.78 Å². The van der Waals surface area contributed by atoms with Crippen molar-refractivity contribution in [1.29, 1.82) is 0 Å². The van der Waals surface area contributed by atoms with Gasteiger partial charge in [-0.25, -0.2) is 0 Å². The van der Waals surface area contributed by atoms with Crippen LogP contribution in [-0.4, -0.2) is 10.7 Å². The first kappa shape index (κ1) is 15.5. The Morgan fingerprint density at radius 3 is 2.32 bits per heavy atom. The summed E-state index contributed by atoms with van der Waals surface area (Å²) in [6, 6.07) is 10.5. The molecule has 0 aliphatic carbocycles. The fourth-order valence-electron chi connectivity index (χ4n) is 2.22. The average Bonchev–Trinajstić information content (AvgIpc) is 2.50. The maximum Gasteiger partial charge on any atom is 0.276 e. The highest BCUT2D eigenvalue weighted by molar-refractivity contribution is 6.09. The summed E-state index contributed by atoms with van der Waals surface area (Å²) in [4.78, 5) is 22.8. The minimum absolute atomic E-state index is 0.0662. The van der Waals surface area contributed by atoms with Crippen molar-refractivity contribution in [1.82, 2.24) is 0 Å². The number of carbonyl (C=O) groups excluding carboxylic acids is 1. The molecule has 110 valence electrons. The average molecular weight is 293 g/mol. The lowest BCUT2D eigenvalue weighted by atomic mass is 9.98. The lowest BCUT2D eigenvalue weighted by molar-refractivity contribution is -0.386. The molecule has 0 saturated carbocycles. The highest BCUT2D eigenvalue weighted by Gasteiger charge is 2.19. The number of Topliss-reactive ketones (excluding diaryl/α,β-unsaturated/α-hetero) is 1. The van der Waals surface area contributed by atoms with Crippen LogP contribution in [0.15, 0.2) is 36.4 Å². The van der Waals surface area contributed by atoms with Crippen LogP contribution < -0.4 is 0 Å². The van der Waals surface area contributed by atoms with Gasteiger partial charge >= 0.3 is 0 Å².